The maximum atomic E-state index is 12.9. The molecule has 2 amide bonds. The molecule has 0 aliphatic carbocycles. The smallest absolute Gasteiger partial charge is 0.262 e. The number of nitrogens with one attached hydrogen (secondary N) is 3. The zero-order chi connectivity index (χ0) is 21.2. The van der Waals surface area contributed by atoms with Crippen LogP contribution in [0.3, 0.4) is 0 Å². The third kappa shape index (κ3) is 3.75. The lowest BCUT2D eigenvalue weighted by atomic mass is 9.91. The number of aromatic amines is 1. The lowest BCUT2D eigenvalue weighted by Crippen LogP contribution is -2.30. The number of carbonyl (C=O) groups excluding carboxylic acids is 2. The summed E-state index contributed by atoms with van der Waals surface area (Å²) in [5.41, 5.74) is 4.30. The van der Waals surface area contributed by atoms with Gasteiger partial charge in [0.2, 0.25) is 0 Å². The first-order valence-electron chi connectivity index (χ1n) is 10.1. The van der Waals surface area contributed by atoms with Crippen LogP contribution in [-0.2, 0) is 4.79 Å². The Balaban J connectivity index is 1.41. The zero-order valence-corrected chi connectivity index (χ0v) is 16.7. The van der Waals surface area contributed by atoms with E-state index in [0.29, 0.717) is 23.5 Å². The standard InChI is InChI=1S/C25H21N3O3/c29-24-15-31-23-11-10-17(12-22(23)28-24)25(30)27-13-19(16-6-2-1-3-7-16)20-14-26-21-9-5-4-8-18(20)21/h1-12,14,19,26H,13,15H2,(H,27,30)(H,28,29). The fourth-order valence-corrected chi connectivity index (χ4v) is 4.00. The number of hydrogen-bond donors (Lipinski definition) is 3. The predicted octanol–water partition coefficient (Wildman–Crippen LogP) is 4.06. The van der Waals surface area contributed by atoms with Gasteiger partial charge in [0.1, 0.15) is 5.75 Å². The van der Waals surface area contributed by atoms with Crippen LogP contribution in [-0.4, -0.2) is 29.9 Å². The quantitative estimate of drug-likeness (QED) is 0.463. The van der Waals surface area contributed by atoms with E-state index in [1.54, 1.807) is 18.2 Å². The highest BCUT2D eigenvalue weighted by Crippen LogP contribution is 2.31. The summed E-state index contributed by atoms with van der Waals surface area (Å²) in [6.07, 6.45) is 2.01. The van der Waals surface area contributed by atoms with Gasteiger partial charge in [0.05, 0.1) is 5.69 Å². The molecule has 0 spiro atoms. The number of carbonyl (C=O) groups is 2. The summed E-state index contributed by atoms with van der Waals surface area (Å²) in [5, 5.41) is 6.94. The first kappa shape index (κ1) is 18.9. The van der Waals surface area contributed by atoms with E-state index in [1.807, 2.05) is 42.6 Å². The number of rotatable bonds is 5. The Morgan fingerprint density at radius 2 is 1.84 bits per heavy atom. The van der Waals surface area contributed by atoms with Crippen molar-refractivity contribution in [2.45, 2.75) is 5.92 Å². The molecule has 0 fully saturated rings. The average Bonchev–Trinajstić information content (AvgIpc) is 3.23. The van der Waals surface area contributed by atoms with Gasteiger partial charge in [-0.05, 0) is 35.4 Å². The van der Waals surface area contributed by atoms with Gasteiger partial charge in [-0.25, -0.2) is 0 Å². The molecule has 4 aromatic rings. The Bertz CT molecular complexity index is 1260. The summed E-state index contributed by atoms with van der Waals surface area (Å²) in [6.45, 7) is 0.423. The van der Waals surface area contributed by atoms with Crippen molar-refractivity contribution >= 4 is 28.4 Å². The molecule has 31 heavy (non-hydrogen) atoms. The van der Waals surface area contributed by atoms with E-state index in [1.165, 1.54) is 0 Å². The molecule has 0 saturated heterocycles. The molecule has 1 unspecified atom stereocenters. The minimum atomic E-state index is -0.228. The van der Waals surface area contributed by atoms with E-state index in [-0.39, 0.29) is 24.3 Å². The Hall–Kier alpha value is -4.06. The Labute approximate surface area is 179 Å². The molecule has 0 saturated carbocycles. The second-order valence-corrected chi connectivity index (χ2v) is 7.51. The molecule has 154 valence electrons. The van der Waals surface area contributed by atoms with Crippen LogP contribution >= 0.6 is 0 Å². The summed E-state index contributed by atoms with van der Waals surface area (Å²) in [7, 11) is 0. The number of anilines is 1. The molecule has 1 atom stereocenters. The monoisotopic (exact) mass is 411 g/mol. The SMILES string of the molecule is O=C1COc2ccc(C(=O)NCC(c3ccccc3)c3c[nH]c4ccccc34)cc2N1. The van der Waals surface area contributed by atoms with Crippen molar-refractivity contribution in [3.8, 4) is 5.75 Å². The second-order valence-electron chi connectivity index (χ2n) is 7.51. The molecule has 0 bridgehead atoms. The average molecular weight is 411 g/mol. The third-order valence-electron chi connectivity index (χ3n) is 5.54. The van der Waals surface area contributed by atoms with E-state index >= 15 is 0 Å². The number of benzene rings is 3. The van der Waals surface area contributed by atoms with Gasteiger partial charge in [-0.2, -0.15) is 0 Å². The van der Waals surface area contributed by atoms with E-state index in [2.05, 4.69) is 33.8 Å². The van der Waals surface area contributed by atoms with Gasteiger partial charge in [-0.1, -0.05) is 48.5 Å². The Morgan fingerprint density at radius 1 is 1.03 bits per heavy atom. The van der Waals surface area contributed by atoms with Gasteiger partial charge >= 0.3 is 0 Å². The molecular formula is C25H21N3O3. The van der Waals surface area contributed by atoms with Crippen molar-refractivity contribution in [3.05, 3.63) is 95.7 Å². The predicted molar refractivity (Wildman–Crippen MR) is 119 cm³/mol. The Kier molecular flexibility index (Phi) is 4.88. The maximum Gasteiger partial charge on any atom is 0.262 e. The number of ether oxygens (including phenoxy) is 1. The molecule has 6 nitrogen and oxygen atoms in total. The summed E-state index contributed by atoms with van der Waals surface area (Å²) in [4.78, 5) is 27.8. The summed E-state index contributed by atoms with van der Waals surface area (Å²) in [5.74, 6) is 0.121. The van der Waals surface area contributed by atoms with E-state index in [4.69, 9.17) is 4.74 Å². The van der Waals surface area contributed by atoms with Gasteiger partial charge in [0.25, 0.3) is 11.8 Å². The largest absolute Gasteiger partial charge is 0.482 e. The number of H-pyrrole nitrogens is 1. The number of para-hydroxylation sites is 1. The minimum absolute atomic E-state index is 0.0120. The molecule has 5 rings (SSSR count). The van der Waals surface area contributed by atoms with Crippen LogP contribution in [0.4, 0.5) is 5.69 Å². The molecule has 2 heterocycles. The van der Waals surface area contributed by atoms with Gasteiger partial charge in [-0.15, -0.1) is 0 Å². The molecule has 3 N–H and O–H groups in total. The van der Waals surface area contributed by atoms with Crippen LogP contribution < -0.4 is 15.4 Å². The Morgan fingerprint density at radius 3 is 2.71 bits per heavy atom. The van der Waals surface area contributed by atoms with E-state index < -0.39 is 0 Å². The minimum Gasteiger partial charge on any atom is -0.482 e. The van der Waals surface area contributed by atoms with Crippen LogP contribution in [0.2, 0.25) is 0 Å². The highest BCUT2D eigenvalue weighted by molar-refractivity contribution is 6.00. The second kappa shape index (κ2) is 7.99. The fraction of sp³-hybridized carbons (Fsp3) is 0.120. The van der Waals surface area contributed by atoms with Crippen molar-refractivity contribution in [1.82, 2.24) is 10.3 Å². The van der Waals surface area contributed by atoms with Crippen LogP contribution in [0, 0.1) is 0 Å². The van der Waals surface area contributed by atoms with Gasteiger partial charge in [0.15, 0.2) is 6.61 Å². The van der Waals surface area contributed by atoms with Crippen molar-refractivity contribution in [1.29, 1.82) is 0 Å². The molecule has 1 aromatic heterocycles. The van der Waals surface area contributed by atoms with Crippen LogP contribution in [0.25, 0.3) is 10.9 Å². The summed E-state index contributed by atoms with van der Waals surface area (Å²) < 4.78 is 5.37. The molecule has 3 aromatic carbocycles. The number of amides is 2. The van der Waals surface area contributed by atoms with Crippen LogP contribution in [0.15, 0.2) is 79.0 Å². The highest BCUT2D eigenvalue weighted by Gasteiger charge is 2.21. The molecule has 1 aliphatic rings. The number of fused-ring (bicyclic) bond motifs is 2. The first-order chi connectivity index (χ1) is 15.2. The van der Waals surface area contributed by atoms with Gasteiger partial charge < -0.3 is 20.4 Å². The summed E-state index contributed by atoms with van der Waals surface area (Å²) >= 11 is 0. The van der Waals surface area contributed by atoms with Crippen molar-refractivity contribution in [2.75, 3.05) is 18.5 Å². The number of aromatic nitrogens is 1. The van der Waals surface area contributed by atoms with Crippen LogP contribution in [0.1, 0.15) is 27.4 Å². The normalized spacial score (nSPS) is 13.7. The first-order valence-corrected chi connectivity index (χ1v) is 10.1. The van der Waals surface area contributed by atoms with Crippen LogP contribution in [0.5, 0.6) is 5.75 Å². The van der Waals surface area contributed by atoms with E-state index in [9.17, 15) is 9.59 Å². The lowest BCUT2D eigenvalue weighted by molar-refractivity contribution is -0.118. The third-order valence-corrected chi connectivity index (χ3v) is 5.54. The molecule has 1 aliphatic heterocycles. The van der Waals surface area contributed by atoms with Gasteiger partial charge in [0, 0.05) is 35.1 Å². The van der Waals surface area contributed by atoms with Crippen molar-refractivity contribution in [3.63, 3.8) is 0 Å². The molecule has 6 heteroatoms. The number of hydrogen-bond acceptors (Lipinski definition) is 3. The molecule has 0 radical (unpaired) electrons. The summed E-state index contributed by atoms with van der Waals surface area (Å²) in [6, 6.07) is 23.3. The van der Waals surface area contributed by atoms with E-state index in [0.717, 1.165) is 22.0 Å². The lowest BCUT2D eigenvalue weighted by Gasteiger charge is -2.20. The van der Waals surface area contributed by atoms with Crippen molar-refractivity contribution < 1.29 is 14.3 Å². The zero-order valence-electron chi connectivity index (χ0n) is 16.7. The van der Waals surface area contributed by atoms with Crippen molar-refractivity contribution in [2.24, 2.45) is 0 Å². The maximum absolute atomic E-state index is 12.9. The fourth-order valence-electron chi connectivity index (χ4n) is 4.00. The molecular weight excluding hydrogens is 390 g/mol. The topological polar surface area (TPSA) is 83.2 Å². The van der Waals surface area contributed by atoms with Gasteiger partial charge in [-0.3, -0.25) is 9.59 Å². The highest BCUT2D eigenvalue weighted by atomic mass is 16.5.